The zero-order chi connectivity index (χ0) is 11.4. The summed E-state index contributed by atoms with van der Waals surface area (Å²) in [6.07, 6.45) is 0.320. The predicted molar refractivity (Wildman–Crippen MR) is 61.3 cm³/mol. The van der Waals surface area contributed by atoms with Crippen molar-refractivity contribution in [3.63, 3.8) is 0 Å². The molecule has 1 atom stereocenters. The number of halogens is 2. The Morgan fingerprint density at radius 1 is 1.60 bits per heavy atom. The molecule has 1 aromatic carbocycles. The summed E-state index contributed by atoms with van der Waals surface area (Å²) in [5, 5.41) is 2.88. The van der Waals surface area contributed by atoms with Crippen molar-refractivity contribution in [1.29, 1.82) is 0 Å². The van der Waals surface area contributed by atoms with Gasteiger partial charge in [0, 0.05) is 6.42 Å². The van der Waals surface area contributed by atoms with Crippen molar-refractivity contribution >= 4 is 21.7 Å². The molecule has 2 nitrogen and oxygen atoms in total. The Labute approximate surface area is 97.0 Å². The van der Waals surface area contributed by atoms with Gasteiger partial charge in [0.15, 0.2) is 5.78 Å². The number of likely N-dealkylation sites (N-methyl/N-ethyl adjacent to an activating group) is 1. The summed E-state index contributed by atoms with van der Waals surface area (Å²) in [4.78, 5) is 11.6. The highest BCUT2D eigenvalue weighted by Crippen LogP contribution is 2.17. The van der Waals surface area contributed by atoms with Gasteiger partial charge in [-0.3, -0.25) is 4.79 Å². The van der Waals surface area contributed by atoms with Gasteiger partial charge in [0.05, 0.1) is 10.5 Å². The molecule has 0 aliphatic rings. The van der Waals surface area contributed by atoms with Crippen LogP contribution in [0.4, 0.5) is 4.39 Å². The van der Waals surface area contributed by atoms with E-state index in [0.29, 0.717) is 10.9 Å². The topological polar surface area (TPSA) is 29.1 Å². The van der Waals surface area contributed by atoms with Crippen LogP contribution in [-0.4, -0.2) is 18.9 Å². The van der Waals surface area contributed by atoms with Gasteiger partial charge in [0.1, 0.15) is 5.82 Å². The van der Waals surface area contributed by atoms with Crippen LogP contribution >= 0.6 is 15.9 Å². The first-order chi connectivity index (χ1) is 7.04. The molecule has 0 aromatic heterocycles. The maximum atomic E-state index is 12.9. The lowest BCUT2D eigenvalue weighted by molar-refractivity contribution is -0.119. The Kier molecular flexibility index (Phi) is 4.42. The van der Waals surface area contributed by atoms with Crippen LogP contribution in [0.2, 0.25) is 0 Å². The first kappa shape index (κ1) is 12.3. The van der Waals surface area contributed by atoms with E-state index >= 15 is 0 Å². The molecule has 0 aliphatic heterocycles. The molecule has 0 radical (unpaired) electrons. The average molecular weight is 274 g/mol. The fourth-order valence-electron chi connectivity index (χ4n) is 1.16. The molecule has 15 heavy (non-hydrogen) atoms. The van der Waals surface area contributed by atoms with Crippen LogP contribution in [0, 0.1) is 5.82 Å². The van der Waals surface area contributed by atoms with E-state index in [-0.39, 0.29) is 17.6 Å². The molecule has 0 saturated heterocycles. The van der Waals surface area contributed by atoms with E-state index in [0.717, 1.165) is 5.56 Å². The third kappa shape index (κ3) is 3.39. The Balaban J connectivity index is 2.73. The summed E-state index contributed by atoms with van der Waals surface area (Å²) >= 11 is 3.09. The fraction of sp³-hybridized carbons (Fsp3) is 0.364. The zero-order valence-electron chi connectivity index (χ0n) is 8.68. The Morgan fingerprint density at radius 3 is 2.80 bits per heavy atom. The molecule has 1 aromatic rings. The normalized spacial score (nSPS) is 12.5. The second-order valence-corrected chi connectivity index (χ2v) is 4.26. The minimum Gasteiger partial charge on any atom is -0.311 e. The molecule has 4 heteroatoms. The van der Waals surface area contributed by atoms with Gasteiger partial charge in [-0.25, -0.2) is 4.39 Å². The monoisotopic (exact) mass is 273 g/mol. The summed E-state index contributed by atoms with van der Waals surface area (Å²) in [6, 6.07) is 4.45. The molecule has 82 valence electrons. The van der Waals surface area contributed by atoms with Crippen LogP contribution < -0.4 is 5.32 Å². The summed E-state index contributed by atoms with van der Waals surface area (Å²) < 4.78 is 13.3. The van der Waals surface area contributed by atoms with Gasteiger partial charge < -0.3 is 5.32 Å². The van der Waals surface area contributed by atoms with Gasteiger partial charge in [0.25, 0.3) is 0 Å². The smallest absolute Gasteiger partial charge is 0.153 e. The van der Waals surface area contributed by atoms with E-state index < -0.39 is 0 Å². The van der Waals surface area contributed by atoms with Gasteiger partial charge in [-0.15, -0.1) is 0 Å². The first-order valence-electron chi connectivity index (χ1n) is 4.68. The Hall–Kier alpha value is -0.740. The molecule has 0 spiro atoms. The third-order valence-electron chi connectivity index (χ3n) is 2.28. The van der Waals surface area contributed by atoms with E-state index in [2.05, 4.69) is 21.2 Å². The standard InChI is InChI=1S/C11H13BrFNO/c1-7(14-2)11(15)6-8-3-4-10(13)9(12)5-8/h3-5,7,14H,6H2,1-2H3. The largest absolute Gasteiger partial charge is 0.311 e. The predicted octanol–water partition coefficient (Wildman–Crippen LogP) is 2.31. The number of hydrogen-bond acceptors (Lipinski definition) is 2. The molecular formula is C11H13BrFNO. The van der Waals surface area contributed by atoms with Crippen molar-refractivity contribution < 1.29 is 9.18 Å². The quantitative estimate of drug-likeness (QED) is 0.912. The average Bonchev–Trinajstić information content (AvgIpc) is 2.22. The first-order valence-corrected chi connectivity index (χ1v) is 5.47. The highest BCUT2D eigenvalue weighted by Gasteiger charge is 2.11. The van der Waals surface area contributed by atoms with Gasteiger partial charge >= 0.3 is 0 Å². The molecule has 1 rings (SSSR count). The highest BCUT2D eigenvalue weighted by atomic mass is 79.9. The number of benzene rings is 1. The van der Waals surface area contributed by atoms with Crippen LogP contribution in [0.15, 0.2) is 22.7 Å². The van der Waals surface area contributed by atoms with Crippen molar-refractivity contribution in [2.45, 2.75) is 19.4 Å². The summed E-state index contributed by atoms with van der Waals surface area (Å²) in [5.74, 6) is -0.219. The molecule has 0 fully saturated rings. The summed E-state index contributed by atoms with van der Waals surface area (Å²) in [7, 11) is 1.74. The fourth-order valence-corrected chi connectivity index (χ4v) is 1.59. The Bertz CT molecular complexity index is 368. The second-order valence-electron chi connectivity index (χ2n) is 3.40. The van der Waals surface area contributed by atoms with E-state index in [1.165, 1.54) is 6.07 Å². The van der Waals surface area contributed by atoms with E-state index in [1.54, 1.807) is 26.1 Å². The molecule has 0 bridgehead atoms. The van der Waals surface area contributed by atoms with Crippen molar-refractivity contribution in [2.24, 2.45) is 0 Å². The maximum absolute atomic E-state index is 12.9. The molecule has 1 unspecified atom stereocenters. The maximum Gasteiger partial charge on any atom is 0.153 e. The SMILES string of the molecule is CNC(C)C(=O)Cc1ccc(F)c(Br)c1. The van der Waals surface area contributed by atoms with Crippen LogP contribution in [0.3, 0.4) is 0 Å². The van der Waals surface area contributed by atoms with Crippen LogP contribution in [-0.2, 0) is 11.2 Å². The lowest BCUT2D eigenvalue weighted by Gasteiger charge is -2.08. The van der Waals surface area contributed by atoms with E-state index in [9.17, 15) is 9.18 Å². The van der Waals surface area contributed by atoms with E-state index in [1.807, 2.05) is 0 Å². The molecule has 0 saturated carbocycles. The van der Waals surface area contributed by atoms with Crippen molar-refractivity contribution in [3.05, 3.63) is 34.1 Å². The van der Waals surface area contributed by atoms with Crippen molar-refractivity contribution in [3.8, 4) is 0 Å². The highest BCUT2D eigenvalue weighted by molar-refractivity contribution is 9.10. The van der Waals surface area contributed by atoms with Crippen LogP contribution in [0.25, 0.3) is 0 Å². The second kappa shape index (κ2) is 5.37. The molecule has 0 amide bonds. The van der Waals surface area contributed by atoms with Gasteiger partial charge in [0.2, 0.25) is 0 Å². The third-order valence-corrected chi connectivity index (χ3v) is 2.89. The van der Waals surface area contributed by atoms with Gasteiger partial charge in [-0.05, 0) is 47.6 Å². The van der Waals surface area contributed by atoms with Crippen molar-refractivity contribution in [2.75, 3.05) is 7.05 Å². The minimum atomic E-state index is -0.312. The number of Topliss-reactive ketones (excluding diaryl/α,β-unsaturated/α-hetero) is 1. The number of nitrogens with one attached hydrogen (secondary N) is 1. The Morgan fingerprint density at radius 2 is 2.27 bits per heavy atom. The summed E-state index contributed by atoms with van der Waals surface area (Å²) in [5.41, 5.74) is 0.815. The van der Waals surface area contributed by atoms with Crippen LogP contribution in [0.1, 0.15) is 12.5 Å². The number of carbonyl (C=O) groups excluding carboxylic acids is 1. The summed E-state index contributed by atoms with van der Waals surface area (Å²) in [6.45, 7) is 1.81. The number of hydrogen-bond donors (Lipinski definition) is 1. The number of carbonyl (C=O) groups is 1. The van der Waals surface area contributed by atoms with Gasteiger partial charge in [-0.1, -0.05) is 6.07 Å². The number of ketones is 1. The molecule has 0 aliphatic carbocycles. The molecular weight excluding hydrogens is 261 g/mol. The number of rotatable bonds is 4. The molecule has 1 N–H and O–H groups in total. The zero-order valence-corrected chi connectivity index (χ0v) is 10.3. The van der Waals surface area contributed by atoms with Crippen LogP contribution in [0.5, 0.6) is 0 Å². The minimum absolute atomic E-state index is 0.0935. The lowest BCUT2D eigenvalue weighted by Crippen LogP contribution is -2.31. The van der Waals surface area contributed by atoms with Gasteiger partial charge in [-0.2, -0.15) is 0 Å². The lowest BCUT2D eigenvalue weighted by atomic mass is 10.1. The molecule has 0 heterocycles. The van der Waals surface area contributed by atoms with E-state index in [4.69, 9.17) is 0 Å². The van der Waals surface area contributed by atoms with Crippen molar-refractivity contribution in [1.82, 2.24) is 5.32 Å².